The minimum absolute atomic E-state index is 0.00663. The second-order valence-corrected chi connectivity index (χ2v) is 9.79. The molecule has 0 saturated heterocycles. The molecule has 0 aliphatic heterocycles. The number of aromatic nitrogens is 2. The molecule has 0 spiro atoms. The number of amides is 3. The molecule has 14 nitrogen and oxygen atoms in total. The molecule has 0 aliphatic rings. The molecule has 0 radical (unpaired) electrons. The van der Waals surface area contributed by atoms with Crippen molar-refractivity contribution in [1.82, 2.24) is 25.9 Å². The van der Waals surface area contributed by atoms with E-state index in [1.165, 1.54) is 24.3 Å². The van der Waals surface area contributed by atoms with E-state index in [1.54, 1.807) is 13.8 Å². The molecule has 208 valence electrons. The van der Waals surface area contributed by atoms with E-state index in [9.17, 15) is 24.3 Å². The summed E-state index contributed by atoms with van der Waals surface area (Å²) in [5.41, 5.74) is 17.1. The lowest BCUT2D eigenvalue weighted by molar-refractivity contribution is -0.142. The van der Waals surface area contributed by atoms with Gasteiger partial charge in [-0.1, -0.05) is 13.8 Å². The number of hydrogen-bond acceptors (Lipinski definition) is 8. The third-order valence-corrected chi connectivity index (χ3v) is 6.03. The Morgan fingerprint density at radius 3 is 2.30 bits per heavy atom. The zero-order valence-electron chi connectivity index (χ0n) is 21.4. The van der Waals surface area contributed by atoms with E-state index >= 15 is 0 Å². The van der Waals surface area contributed by atoms with Gasteiger partial charge in [0.1, 0.15) is 18.1 Å². The lowest BCUT2D eigenvalue weighted by Crippen LogP contribution is -2.58. The number of aliphatic carboxylic acids is 1. The van der Waals surface area contributed by atoms with Crippen molar-refractivity contribution in [1.29, 1.82) is 0 Å². The van der Waals surface area contributed by atoms with Crippen molar-refractivity contribution in [3.05, 3.63) is 18.2 Å². The molecule has 0 fully saturated rings. The van der Waals surface area contributed by atoms with E-state index < -0.39 is 47.9 Å². The molecule has 37 heavy (non-hydrogen) atoms. The van der Waals surface area contributed by atoms with E-state index in [0.717, 1.165) is 0 Å². The zero-order valence-corrected chi connectivity index (χ0v) is 22.2. The van der Waals surface area contributed by atoms with Crippen LogP contribution in [-0.2, 0) is 25.6 Å². The summed E-state index contributed by atoms with van der Waals surface area (Å²) in [7, 11) is 0. The predicted molar refractivity (Wildman–Crippen MR) is 141 cm³/mol. The summed E-state index contributed by atoms with van der Waals surface area (Å²) < 4.78 is 0. The SMILES string of the molecule is CSCCC(NC(=O)C(N)CCCN=C(N)N)C(=O)NC(C(=O)NC(Cc1cnc[nH]1)C(=O)O)C(C)C. The molecule has 4 unspecified atom stereocenters. The van der Waals surface area contributed by atoms with Gasteiger partial charge in [-0.25, -0.2) is 9.78 Å². The van der Waals surface area contributed by atoms with Gasteiger partial charge in [-0.3, -0.25) is 19.4 Å². The van der Waals surface area contributed by atoms with Crippen molar-refractivity contribution >= 4 is 41.4 Å². The smallest absolute Gasteiger partial charge is 0.326 e. The number of imidazole rings is 1. The highest BCUT2D eigenvalue weighted by atomic mass is 32.2. The summed E-state index contributed by atoms with van der Waals surface area (Å²) in [6.45, 7) is 3.76. The van der Waals surface area contributed by atoms with E-state index in [2.05, 4.69) is 30.9 Å². The van der Waals surface area contributed by atoms with Crippen LogP contribution in [0.4, 0.5) is 0 Å². The number of thioether (sulfide) groups is 1. The number of aliphatic imine (C=N–C) groups is 1. The van der Waals surface area contributed by atoms with Crippen LogP contribution < -0.4 is 33.2 Å². The van der Waals surface area contributed by atoms with Gasteiger partial charge < -0.3 is 43.2 Å². The minimum Gasteiger partial charge on any atom is -0.480 e. The van der Waals surface area contributed by atoms with Gasteiger partial charge in [-0.15, -0.1) is 0 Å². The third-order valence-electron chi connectivity index (χ3n) is 5.39. The van der Waals surface area contributed by atoms with E-state index in [0.29, 0.717) is 37.3 Å². The van der Waals surface area contributed by atoms with Gasteiger partial charge >= 0.3 is 5.97 Å². The number of nitrogens with two attached hydrogens (primary N) is 3. The zero-order chi connectivity index (χ0) is 28.0. The van der Waals surface area contributed by atoms with Crippen LogP contribution in [0.2, 0.25) is 0 Å². The lowest BCUT2D eigenvalue weighted by Gasteiger charge is -2.27. The van der Waals surface area contributed by atoms with Gasteiger partial charge in [0.05, 0.1) is 12.4 Å². The largest absolute Gasteiger partial charge is 0.480 e. The van der Waals surface area contributed by atoms with Gasteiger partial charge in [-0.2, -0.15) is 11.8 Å². The predicted octanol–water partition coefficient (Wildman–Crippen LogP) is -1.72. The number of aromatic amines is 1. The fraction of sp³-hybridized carbons (Fsp3) is 0.636. The van der Waals surface area contributed by atoms with E-state index in [4.69, 9.17) is 17.2 Å². The van der Waals surface area contributed by atoms with Crippen LogP contribution in [0.25, 0.3) is 0 Å². The van der Waals surface area contributed by atoms with Crippen LogP contribution in [0.1, 0.15) is 38.8 Å². The molecule has 1 aromatic heterocycles. The first-order chi connectivity index (χ1) is 17.5. The fourth-order valence-electron chi connectivity index (χ4n) is 3.30. The molecule has 11 N–H and O–H groups in total. The molecular formula is C22H39N9O5S. The van der Waals surface area contributed by atoms with Crippen LogP contribution >= 0.6 is 11.8 Å². The highest BCUT2D eigenvalue weighted by Gasteiger charge is 2.32. The van der Waals surface area contributed by atoms with Crippen molar-refractivity contribution in [3.8, 4) is 0 Å². The lowest BCUT2D eigenvalue weighted by atomic mass is 10.0. The number of guanidine groups is 1. The fourth-order valence-corrected chi connectivity index (χ4v) is 3.77. The topological polar surface area (TPSA) is 244 Å². The molecule has 3 amide bonds. The summed E-state index contributed by atoms with van der Waals surface area (Å²) in [6, 6.07) is -4.06. The Bertz CT molecular complexity index is 906. The maximum absolute atomic E-state index is 13.1. The highest BCUT2D eigenvalue weighted by Crippen LogP contribution is 2.08. The molecule has 0 saturated carbocycles. The van der Waals surface area contributed by atoms with Crippen molar-refractivity contribution in [3.63, 3.8) is 0 Å². The van der Waals surface area contributed by atoms with Crippen LogP contribution in [0.15, 0.2) is 17.5 Å². The Kier molecular flexibility index (Phi) is 14.1. The summed E-state index contributed by atoms with van der Waals surface area (Å²) in [4.78, 5) is 60.9. The molecule has 0 aliphatic carbocycles. The van der Waals surface area contributed by atoms with Crippen LogP contribution in [0.5, 0.6) is 0 Å². The van der Waals surface area contributed by atoms with Gasteiger partial charge in [0.2, 0.25) is 17.7 Å². The van der Waals surface area contributed by atoms with Gasteiger partial charge in [0, 0.05) is 24.9 Å². The maximum atomic E-state index is 13.1. The summed E-state index contributed by atoms with van der Waals surface area (Å²) >= 11 is 1.49. The first-order valence-electron chi connectivity index (χ1n) is 11.9. The second kappa shape index (κ2) is 16.4. The molecule has 4 atom stereocenters. The highest BCUT2D eigenvalue weighted by molar-refractivity contribution is 7.98. The third kappa shape index (κ3) is 12.0. The molecule has 1 aromatic rings. The molecule has 0 aromatic carbocycles. The molecule has 1 rings (SSSR count). The number of carboxylic acids is 1. The number of H-pyrrole nitrogens is 1. The number of nitrogens with zero attached hydrogens (tertiary/aromatic N) is 2. The van der Waals surface area contributed by atoms with Crippen molar-refractivity contribution in [2.24, 2.45) is 28.1 Å². The quantitative estimate of drug-likeness (QED) is 0.0629. The number of rotatable bonds is 17. The van der Waals surface area contributed by atoms with Crippen molar-refractivity contribution < 1.29 is 24.3 Å². The minimum atomic E-state index is -1.23. The Morgan fingerprint density at radius 1 is 1.08 bits per heavy atom. The number of carbonyl (C=O) groups is 4. The summed E-state index contributed by atoms with van der Waals surface area (Å²) in [5, 5.41) is 17.3. The van der Waals surface area contributed by atoms with Crippen LogP contribution in [-0.4, -0.2) is 87.4 Å². The number of carboxylic acid groups (broad SMARTS) is 1. The Balaban J connectivity index is 2.84. The van der Waals surface area contributed by atoms with Gasteiger partial charge in [0.25, 0.3) is 0 Å². The number of nitrogens with one attached hydrogen (secondary N) is 4. The average Bonchev–Trinajstić information content (AvgIpc) is 3.34. The Hall–Kier alpha value is -3.33. The van der Waals surface area contributed by atoms with Crippen LogP contribution in [0.3, 0.4) is 0 Å². The number of hydrogen-bond donors (Lipinski definition) is 8. The van der Waals surface area contributed by atoms with Crippen LogP contribution in [0, 0.1) is 5.92 Å². The molecule has 15 heteroatoms. The Labute approximate surface area is 220 Å². The average molecular weight is 542 g/mol. The molecular weight excluding hydrogens is 502 g/mol. The summed E-state index contributed by atoms with van der Waals surface area (Å²) in [6.07, 6.45) is 5.83. The second-order valence-electron chi connectivity index (χ2n) is 8.81. The van der Waals surface area contributed by atoms with Gasteiger partial charge in [-0.05, 0) is 37.2 Å². The number of carbonyl (C=O) groups excluding carboxylic acids is 3. The standard InChI is InChI=1S/C22H39N9O5S/c1-12(2)17(20(34)30-16(21(35)36)9-13-10-26-11-28-13)31-19(33)15(6-8-37-3)29-18(32)14(23)5-4-7-27-22(24)25/h10-12,14-17H,4-9,23H2,1-3H3,(H,26,28)(H,29,32)(H,30,34)(H,31,33)(H,35,36)(H4,24,25,27). The first-order valence-corrected chi connectivity index (χ1v) is 13.3. The summed E-state index contributed by atoms with van der Waals surface area (Å²) in [5.74, 6) is -2.79. The normalized spacial score (nSPS) is 14.2. The maximum Gasteiger partial charge on any atom is 0.326 e. The van der Waals surface area contributed by atoms with Crippen molar-refractivity contribution in [2.75, 3.05) is 18.6 Å². The first kappa shape index (κ1) is 31.7. The van der Waals surface area contributed by atoms with Crippen molar-refractivity contribution in [2.45, 2.75) is 63.7 Å². The van der Waals surface area contributed by atoms with Gasteiger partial charge in [0.15, 0.2) is 5.96 Å². The van der Waals surface area contributed by atoms with E-state index in [1.807, 2.05) is 6.26 Å². The molecule has 0 bridgehead atoms. The molecule has 1 heterocycles. The monoisotopic (exact) mass is 541 g/mol. The Morgan fingerprint density at radius 2 is 1.76 bits per heavy atom. The van der Waals surface area contributed by atoms with E-state index in [-0.39, 0.29) is 18.3 Å².